The minimum Gasteiger partial charge on any atom is -0.508 e. The van der Waals surface area contributed by atoms with E-state index in [4.69, 9.17) is 9.84 Å². The van der Waals surface area contributed by atoms with Crippen LogP contribution < -0.4 is 4.74 Å². The minimum atomic E-state index is -2.83. The quantitative estimate of drug-likeness (QED) is 0.673. The van der Waals surface area contributed by atoms with E-state index in [0.29, 0.717) is 0 Å². The summed E-state index contributed by atoms with van der Waals surface area (Å²) in [4.78, 5) is 0. The van der Waals surface area contributed by atoms with Gasteiger partial charge in [0.15, 0.2) is 0 Å². The van der Waals surface area contributed by atoms with Crippen LogP contribution in [0.2, 0.25) is 0 Å². The number of phenols is 1. The zero-order chi connectivity index (χ0) is 9.47. The van der Waals surface area contributed by atoms with E-state index in [1.54, 1.807) is 0 Å². The summed E-state index contributed by atoms with van der Waals surface area (Å²) < 4.78 is 31.3. The molecule has 0 saturated heterocycles. The maximum atomic E-state index is 13.2. The van der Waals surface area contributed by atoms with Gasteiger partial charge in [-0.2, -0.15) is 0 Å². The van der Waals surface area contributed by atoms with Crippen molar-refractivity contribution in [3.8, 4) is 11.5 Å². The Labute approximate surface area is 73.8 Å². The molecular formula is C9H8F2O2. The van der Waals surface area contributed by atoms with E-state index in [-0.39, 0.29) is 30.1 Å². The van der Waals surface area contributed by atoms with Crippen LogP contribution in [-0.2, 0) is 5.92 Å². The zero-order valence-electron chi connectivity index (χ0n) is 6.76. The summed E-state index contributed by atoms with van der Waals surface area (Å²) in [5.41, 5.74) is -0.142. The molecule has 0 saturated carbocycles. The van der Waals surface area contributed by atoms with Crippen LogP contribution in [0.15, 0.2) is 18.2 Å². The number of aromatic hydroxyl groups is 1. The molecule has 70 valence electrons. The van der Waals surface area contributed by atoms with Gasteiger partial charge < -0.3 is 9.84 Å². The molecule has 1 N–H and O–H groups in total. The van der Waals surface area contributed by atoms with Crippen molar-refractivity contribution in [2.75, 3.05) is 6.61 Å². The molecule has 0 spiro atoms. The van der Waals surface area contributed by atoms with Crippen molar-refractivity contribution in [2.45, 2.75) is 12.3 Å². The maximum Gasteiger partial charge on any atom is 0.280 e. The van der Waals surface area contributed by atoms with Crippen LogP contribution in [0.25, 0.3) is 0 Å². The second-order valence-electron chi connectivity index (χ2n) is 2.98. The molecule has 0 radical (unpaired) electrons. The van der Waals surface area contributed by atoms with Crippen molar-refractivity contribution in [3.63, 3.8) is 0 Å². The minimum absolute atomic E-state index is 0.0105. The summed E-state index contributed by atoms with van der Waals surface area (Å²) in [6.07, 6.45) is -0.301. The molecule has 4 heteroatoms. The first-order valence-electron chi connectivity index (χ1n) is 3.94. The SMILES string of the molecule is Oc1ccc2c(c1)OCCC2(F)F. The Bertz CT molecular complexity index is 336. The van der Waals surface area contributed by atoms with Gasteiger partial charge in [0.2, 0.25) is 0 Å². The van der Waals surface area contributed by atoms with Crippen LogP contribution in [0.5, 0.6) is 11.5 Å². The average Bonchev–Trinajstić information content (AvgIpc) is 2.02. The number of hydrogen-bond acceptors (Lipinski definition) is 2. The Morgan fingerprint density at radius 3 is 2.92 bits per heavy atom. The van der Waals surface area contributed by atoms with Crippen molar-refractivity contribution in [3.05, 3.63) is 23.8 Å². The summed E-state index contributed by atoms with van der Waals surface area (Å²) >= 11 is 0. The first-order chi connectivity index (χ1) is 6.09. The highest BCUT2D eigenvalue weighted by molar-refractivity contribution is 5.43. The van der Waals surface area contributed by atoms with E-state index in [1.165, 1.54) is 18.2 Å². The van der Waals surface area contributed by atoms with Gasteiger partial charge in [0.25, 0.3) is 5.92 Å². The van der Waals surface area contributed by atoms with Crippen LogP contribution in [0, 0.1) is 0 Å². The number of fused-ring (bicyclic) bond motifs is 1. The lowest BCUT2D eigenvalue weighted by atomic mass is 10.0. The molecule has 1 aliphatic heterocycles. The first kappa shape index (κ1) is 8.29. The highest BCUT2D eigenvalue weighted by atomic mass is 19.3. The molecule has 0 bridgehead atoms. The standard InChI is InChI=1S/C9H8F2O2/c10-9(11)3-4-13-8-5-6(12)1-2-7(8)9/h1-2,5,12H,3-4H2. The molecule has 0 amide bonds. The van der Waals surface area contributed by atoms with Gasteiger partial charge >= 0.3 is 0 Å². The van der Waals surface area contributed by atoms with Crippen LogP contribution in [0.3, 0.4) is 0 Å². The van der Waals surface area contributed by atoms with Crippen molar-refractivity contribution in [2.24, 2.45) is 0 Å². The predicted octanol–water partition coefficient (Wildman–Crippen LogP) is 2.27. The Morgan fingerprint density at radius 2 is 2.15 bits per heavy atom. The predicted molar refractivity (Wildman–Crippen MR) is 42.1 cm³/mol. The van der Waals surface area contributed by atoms with Gasteiger partial charge in [0.1, 0.15) is 11.5 Å². The topological polar surface area (TPSA) is 29.5 Å². The molecule has 1 aliphatic rings. The van der Waals surface area contributed by atoms with Crippen LogP contribution in [0.1, 0.15) is 12.0 Å². The Hall–Kier alpha value is -1.32. The number of halogens is 2. The average molecular weight is 186 g/mol. The molecule has 1 aromatic rings. The molecule has 0 aliphatic carbocycles. The number of benzene rings is 1. The van der Waals surface area contributed by atoms with Crippen LogP contribution in [0.4, 0.5) is 8.78 Å². The molecule has 1 heterocycles. The van der Waals surface area contributed by atoms with E-state index in [1.807, 2.05) is 0 Å². The fourth-order valence-electron chi connectivity index (χ4n) is 1.36. The first-order valence-corrected chi connectivity index (χ1v) is 3.94. The molecule has 0 fully saturated rings. The van der Waals surface area contributed by atoms with Crippen LogP contribution >= 0.6 is 0 Å². The number of phenolic OH excluding ortho intramolecular Hbond substituents is 1. The summed E-state index contributed by atoms with van der Waals surface area (Å²) in [7, 11) is 0. The van der Waals surface area contributed by atoms with Gasteiger partial charge in [-0.25, -0.2) is 8.78 Å². The third kappa shape index (κ3) is 1.32. The lowest BCUT2D eigenvalue weighted by Gasteiger charge is -2.25. The lowest BCUT2D eigenvalue weighted by molar-refractivity contribution is -0.0405. The Balaban J connectivity index is 2.53. The third-order valence-corrected chi connectivity index (χ3v) is 2.03. The molecule has 13 heavy (non-hydrogen) atoms. The van der Waals surface area contributed by atoms with Crippen molar-refractivity contribution < 1.29 is 18.6 Å². The van der Waals surface area contributed by atoms with E-state index in [9.17, 15) is 8.78 Å². The second kappa shape index (κ2) is 2.58. The maximum absolute atomic E-state index is 13.2. The summed E-state index contributed by atoms with van der Waals surface area (Å²) in [6.45, 7) is -0.0105. The fraction of sp³-hybridized carbons (Fsp3) is 0.333. The Morgan fingerprint density at radius 1 is 1.38 bits per heavy atom. The van der Waals surface area contributed by atoms with E-state index in [0.717, 1.165) is 0 Å². The molecule has 0 aromatic heterocycles. The van der Waals surface area contributed by atoms with E-state index in [2.05, 4.69) is 0 Å². The third-order valence-electron chi connectivity index (χ3n) is 2.03. The summed E-state index contributed by atoms with van der Waals surface area (Å²) in [5.74, 6) is -2.81. The molecule has 2 nitrogen and oxygen atoms in total. The number of rotatable bonds is 0. The zero-order valence-corrected chi connectivity index (χ0v) is 6.76. The lowest BCUT2D eigenvalue weighted by Crippen LogP contribution is -2.23. The fourth-order valence-corrected chi connectivity index (χ4v) is 1.36. The van der Waals surface area contributed by atoms with Crippen LogP contribution in [-0.4, -0.2) is 11.7 Å². The highest BCUT2D eigenvalue weighted by Crippen LogP contribution is 2.42. The summed E-state index contributed by atoms with van der Waals surface area (Å²) in [6, 6.07) is 3.65. The largest absolute Gasteiger partial charge is 0.508 e. The molecule has 0 unspecified atom stereocenters. The number of hydrogen-bond donors (Lipinski definition) is 1. The molecule has 0 atom stereocenters. The van der Waals surface area contributed by atoms with Gasteiger partial charge in [-0.3, -0.25) is 0 Å². The van der Waals surface area contributed by atoms with E-state index < -0.39 is 5.92 Å². The van der Waals surface area contributed by atoms with Gasteiger partial charge in [0, 0.05) is 6.07 Å². The number of alkyl halides is 2. The Kier molecular flexibility index (Phi) is 1.65. The van der Waals surface area contributed by atoms with E-state index >= 15 is 0 Å². The smallest absolute Gasteiger partial charge is 0.280 e. The van der Waals surface area contributed by atoms with Gasteiger partial charge in [-0.05, 0) is 12.1 Å². The normalized spacial score (nSPS) is 18.9. The van der Waals surface area contributed by atoms with Gasteiger partial charge in [-0.15, -0.1) is 0 Å². The monoisotopic (exact) mass is 186 g/mol. The number of ether oxygens (including phenoxy) is 1. The van der Waals surface area contributed by atoms with Crippen molar-refractivity contribution >= 4 is 0 Å². The molecule has 1 aromatic carbocycles. The highest BCUT2D eigenvalue weighted by Gasteiger charge is 2.37. The van der Waals surface area contributed by atoms with Gasteiger partial charge in [-0.1, -0.05) is 0 Å². The van der Waals surface area contributed by atoms with Crippen molar-refractivity contribution in [1.82, 2.24) is 0 Å². The molecule has 2 rings (SSSR count). The van der Waals surface area contributed by atoms with Crippen molar-refractivity contribution in [1.29, 1.82) is 0 Å². The van der Waals surface area contributed by atoms with Gasteiger partial charge in [0.05, 0.1) is 18.6 Å². The summed E-state index contributed by atoms with van der Waals surface area (Å²) in [5, 5.41) is 9.03. The second-order valence-corrected chi connectivity index (χ2v) is 2.98. The molecular weight excluding hydrogens is 178 g/mol.